The van der Waals surface area contributed by atoms with Crippen molar-refractivity contribution >= 4 is 11.8 Å². The maximum absolute atomic E-state index is 13.9. The number of carbonyl (C=O) groups is 2. The van der Waals surface area contributed by atoms with Gasteiger partial charge in [-0.25, -0.2) is 13.2 Å². The lowest BCUT2D eigenvalue weighted by atomic mass is 10.1. The molecule has 1 aliphatic carbocycles. The van der Waals surface area contributed by atoms with E-state index in [0.29, 0.717) is 19.0 Å². The van der Waals surface area contributed by atoms with Gasteiger partial charge in [-0.15, -0.1) is 0 Å². The van der Waals surface area contributed by atoms with Crippen molar-refractivity contribution in [1.29, 1.82) is 0 Å². The van der Waals surface area contributed by atoms with Crippen LogP contribution in [0.1, 0.15) is 39.3 Å². The maximum atomic E-state index is 13.9. The van der Waals surface area contributed by atoms with Crippen molar-refractivity contribution in [2.45, 2.75) is 25.6 Å². The summed E-state index contributed by atoms with van der Waals surface area (Å²) in [5.41, 5.74) is -1.91. The molecule has 2 heterocycles. The molecule has 10 heteroatoms. The van der Waals surface area contributed by atoms with Crippen LogP contribution in [-0.2, 0) is 6.54 Å². The van der Waals surface area contributed by atoms with Crippen LogP contribution in [0.3, 0.4) is 0 Å². The number of aromatic hydroxyl groups is 1. The zero-order valence-corrected chi connectivity index (χ0v) is 16.3. The molecule has 1 unspecified atom stereocenters. The Kier molecular flexibility index (Phi) is 5.47. The number of benzene rings is 1. The first-order valence-corrected chi connectivity index (χ1v) is 9.86. The molecule has 3 atom stereocenters. The van der Waals surface area contributed by atoms with E-state index in [-0.39, 0.29) is 42.6 Å². The first-order chi connectivity index (χ1) is 14.8. The smallest absolute Gasteiger partial charge is 0.274 e. The van der Waals surface area contributed by atoms with Crippen LogP contribution in [-0.4, -0.2) is 46.1 Å². The monoisotopic (exact) mass is 435 g/mol. The van der Waals surface area contributed by atoms with Gasteiger partial charge >= 0.3 is 0 Å². The Balaban J connectivity index is 1.48. The summed E-state index contributed by atoms with van der Waals surface area (Å²) in [5, 5.41) is 12.6. The van der Waals surface area contributed by atoms with Gasteiger partial charge in [-0.3, -0.25) is 14.4 Å². The van der Waals surface area contributed by atoms with Gasteiger partial charge in [0.2, 0.25) is 5.43 Å². The van der Waals surface area contributed by atoms with E-state index in [1.54, 1.807) is 0 Å². The minimum atomic E-state index is -1.07. The summed E-state index contributed by atoms with van der Waals surface area (Å²) in [6.07, 6.45) is 0.924. The lowest BCUT2D eigenvalue weighted by Crippen LogP contribution is -2.35. The Bertz CT molecular complexity index is 1100. The van der Waals surface area contributed by atoms with Gasteiger partial charge in [0.1, 0.15) is 23.4 Å². The lowest BCUT2D eigenvalue weighted by molar-refractivity contribution is 0.0738. The number of halogens is 3. The fourth-order valence-electron chi connectivity index (χ4n) is 3.92. The highest BCUT2D eigenvalue weighted by Crippen LogP contribution is 2.46. The highest BCUT2D eigenvalue weighted by Gasteiger charge is 2.47. The maximum Gasteiger partial charge on any atom is 0.274 e. The predicted molar refractivity (Wildman–Crippen MR) is 103 cm³/mol. The van der Waals surface area contributed by atoms with E-state index in [4.69, 9.17) is 0 Å². The molecule has 0 spiro atoms. The highest BCUT2D eigenvalue weighted by atomic mass is 19.1. The number of nitrogens with one attached hydrogen (secondary N) is 2. The van der Waals surface area contributed by atoms with Crippen molar-refractivity contribution in [3.63, 3.8) is 0 Å². The number of aromatic nitrogens is 1. The molecule has 1 aromatic carbocycles. The number of aromatic amines is 1. The second kappa shape index (κ2) is 8.09. The number of fused-ring (bicyclic) bond motifs is 1. The molecule has 164 valence electrons. The third-order valence-corrected chi connectivity index (χ3v) is 5.83. The molecule has 31 heavy (non-hydrogen) atoms. The molecule has 2 aliphatic rings. The third-order valence-electron chi connectivity index (χ3n) is 5.83. The van der Waals surface area contributed by atoms with E-state index in [1.165, 1.54) is 4.90 Å². The second-order valence-electron chi connectivity index (χ2n) is 7.89. The van der Waals surface area contributed by atoms with Crippen molar-refractivity contribution in [2.75, 3.05) is 13.1 Å². The van der Waals surface area contributed by atoms with Gasteiger partial charge in [0.05, 0.1) is 0 Å². The summed E-state index contributed by atoms with van der Waals surface area (Å²) in [7, 11) is 0. The zero-order chi connectivity index (χ0) is 22.3. The van der Waals surface area contributed by atoms with Crippen LogP contribution in [0.4, 0.5) is 13.2 Å². The molecule has 2 amide bonds. The SMILES string of the molecule is O=C(NCc1ccc(F)cc1F)c1c[nH]c(C(=O)N2CC[C@@H](F)C3C[C@H]3C2)c(O)c1=O. The fraction of sp³-hybridized carbons (Fsp3) is 0.381. The van der Waals surface area contributed by atoms with E-state index in [9.17, 15) is 32.7 Å². The fourth-order valence-corrected chi connectivity index (χ4v) is 3.92. The summed E-state index contributed by atoms with van der Waals surface area (Å²) in [5.74, 6) is -4.06. The summed E-state index contributed by atoms with van der Waals surface area (Å²) in [4.78, 5) is 41.4. The molecule has 2 fully saturated rings. The topological polar surface area (TPSA) is 102 Å². The number of hydrogen-bond donors (Lipinski definition) is 3. The Morgan fingerprint density at radius 1 is 1.29 bits per heavy atom. The Labute approximate surface area is 174 Å². The quantitative estimate of drug-likeness (QED) is 0.685. The standard InChI is InChI=1S/C21H20F3N3O4/c22-12-2-1-10(16(24)6-12)7-26-20(30)14-8-25-17(19(29)18(14)28)21(31)27-4-3-15(23)13-5-11(13)9-27/h1-2,6,8,11,13,15,29H,3-5,7,9H2,(H,25,28)(H,26,30)/t11-,13?,15+/m0/s1. The minimum absolute atomic E-state index is 0.00732. The molecule has 2 aromatic rings. The van der Waals surface area contributed by atoms with Gasteiger partial charge in [-0.1, -0.05) is 6.07 Å². The number of H-pyrrole nitrogens is 1. The van der Waals surface area contributed by atoms with Gasteiger partial charge in [0.25, 0.3) is 11.8 Å². The van der Waals surface area contributed by atoms with Crippen LogP contribution < -0.4 is 10.7 Å². The van der Waals surface area contributed by atoms with E-state index in [0.717, 1.165) is 18.3 Å². The van der Waals surface area contributed by atoms with Crippen molar-refractivity contribution in [3.05, 3.63) is 63.1 Å². The van der Waals surface area contributed by atoms with Crippen LogP contribution in [0.2, 0.25) is 0 Å². The predicted octanol–water partition coefficient (Wildman–Crippen LogP) is 2.11. The number of amides is 2. The van der Waals surface area contributed by atoms with Crippen LogP contribution in [0.5, 0.6) is 5.75 Å². The Hall–Kier alpha value is -3.30. The summed E-state index contributed by atoms with van der Waals surface area (Å²) < 4.78 is 40.6. The van der Waals surface area contributed by atoms with Crippen molar-refractivity contribution in [2.24, 2.45) is 11.8 Å². The lowest BCUT2D eigenvalue weighted by Gasteiger charge is -2.21. The van der Waals surface area contributed by atoms with Crippen molar-refractivity contribution in [3.8, 4) is 5.75 Å². The molecule has 4 rings (SSSR count). The zero-order valence-electron chi connectivity index (χ0n) is 16.3. The number of nitrogens with zero attached hydrogens (tertiary/aromatic N) is 1. The molecular weight excluding hydrogens is 415 g/mol. The summed E-state index contributed by atoms with van der Waals surface area (Å²) in [6, 6.07) is 2.85. The first kappa shape index (κ1) is 21.0. The van der Waals surface area contributed by atoms with Crippen LogP contribution in [0.15, 0.2) is 29.2 Å². The molecule has 1 saturated carbocycles. The normalized spacial score (nSPS) is 22.4. The third kappa shape index (κ3) is 4.14. The van der Waals surface area contributed by atoms with Crippen LogP contribution in [0, 0.1) is 23.5 Å². The van der Waals surface area contributed by atoms with Gasteiger partial charge in [0, 0.05) is 37.5 Å². The number of pyridine rings is 1. The summed E-state index contributed by atoms with van der Waals surface area (Å²) in [6.45, 7) is 0.198. The number of hydrogen-bond acceptors (Lipinski definition) is 4. The van der Waals surface area contributed by atoms with Gasteiger partial charge < -0.3 is 20.3 Å². The van der Waals surface area contributed by atoms with Crippen molar-refractivity contribution in [1.82, 2.24) is 15.2 Å². The molecule has 1 aromatic heterocycles. The van der Waals surface area contributed by atoms with E-state index in [1.807, 2.05) is 0 Å². The molecule has 0 radical (unpaired) electrons. The van der Waals surface area contributed by atoms with Gasteiger partial charge in [-0.05, 0) is 30.7 Å². The highest BCUT2D eigenvalue weighted by molar-refractivity contribution is 5.98. The van der Waals surface area contributed by atoms with Crippen LogP contribution >= 0.6 is 0 Å². The van der Waals surface area contributed by atoms with E-state index >= 15 is 0 Å². The molecule has 1 aliphatic heterocycles. The number of likely N-dealkylation sites (tertiary alicyclic amines) is 1. The first-order valence-electron chi connectivity index (χ1n) is 9.86. The average molecular weight is 435 g/mol. The van der Waals surface area contributed by atoms with E-state index in [2.05, 4.69) is 10.3 Å². The van der Waals surface area contributed by atoms with Crippen molar-refractivity contribution < 1.29 is 27.9 Å². The number of carbonyl (C=O) groups excluding carboxylic acids is 2. The van der Waals surface area contributed by atoms with Crippen LogP contribution in [0.25, 0.3) is 0 Å². The number of alkyl halides is 1. The second-order valence-corrected chi connectivity index (χ2v) is 7.89. The van der Waals surface area contributed by atoms with Gasteiger partial charge in [-0.2, -0.15) is 0 Å². The summed E-state index contributed by atoms with van der Waals surface area (Å²) >= 11 is 0. The minimum Gasteiger partial charge on any atom is -0.503 e. The Morgan fingerprint density at radius 3 is 2.81 bits per heavy atom. The number of rotatable bonds is 4. The molecular formula is C21H20F3N3O4. The molecule has 0 bridgehead atoms. The largest absolute Gasteiger partial charge is 0.503 e. The van der Waals surface area contributed by atoms with Gasteiger partial charge in [0.15, 0.2) is 11.4 Å². The Morgan fingerprint density at radius 2 is 2.06 bits per heavy atom. The molecule has 7 nitrogen and oxygen atoms in total. The molecule has 1 saturated heterocycles. The van der Waals surface area contributed by atoms with E-state index < -0.39 is 46.4 Å². The molecule has 3 N–H and O–H groups in total. The average Bonchev–Trinajstić information content (AvgIpc) is 3.51.